The molecule has 6 nitrogen and oxygen atoms in total. The van der Waals surface area contributed by atoms with Crippen LogP contribution in [0.1, 0.15) is 30.5 Å². The van der Waals surface area contributed by atoms with E-state index in [2.05, 4.69) is 6.92 Å². The Morgan fingerprint density at radius 3 is 2.22 bits per heavy atom. The van der Waals surface area contributed by atoms with Gasteiger partial charge in [-0.05, 0) is 54.7 Å². The molecule has 32 heavy (non-hydrogen) atoms. The molecular weight excluding hydrogens is 406 g/mol. The molecule has 1 amide bonds. The van der Waals surface area contributed by atoms with Crippen molar-refractivity contribution in [3.8, 4) is 11.5 Å². The maximum absolute atomic E-state index is 13.3. The van der Waals surface area contributed by atoms with Crippen molar-refractivity contribution < 1.29 is 23.8 Å². The molecule has 0 fully saturated rings. The fourth-order valence-electron chi connectivity index (χ4n) is 3.79. The smallest absolute Gasteiger partial charge is 0.340 e. The summed E-state index contributed by atoms with van der Waals surface area (Å²) in [5.74, 6) is 0.567. The van der Waals surface area contributed by atoms with Crippen molar-refractivity contribution in [3.05, 3.63) is 76.0 Å². The molecule has 6 heteroatoms. The molecular formula is C26H29NO5. The van der Waals surface area contributed by atoms with Gasteiger partial charge in [0, 0.05) is 12.2 Å². The van der Waals surface area contributed by atoms with E-state index in [4.69, 9.17) is 14.2 Å². The van der Waals surface area contributed by atoms with E-state index in [0.29, 0.717) is 41.3 Å². The zero-order valence-corrected chi connectivity index (χ0v) is 19.2. The van der Waals surface area contributed by atoms with E-state index >= 15 is 0 Å². The van der Waals surface area contributed by atoms with E-state index < -0.39 is 5.97 Å². The highest BCUT2D eigenvalue weighted by Crippen LogP contribution is 2.33. The first-order valence-electron chi connectivity index (χ1n) is 10.6. The van der Waals surface area contributed by atoms with Gasteiger partial charge in [0.1, 0.15) is 0 Å². The second-order valence-electron chi connectivity index (χ2n) is 7.50. The van der Waals surface area contributed by atoms with E-state index in [1.54, 1.807) is 32.1 Å². The minimum Gasteiger partial charge on any atom is -0.493 e. The fraction of sp³-hybridized carbons (Fsp3) is 0.308. The Balaban J connectivity index is 1.88. The largest absolute Gasteiger partial charge is 0.493 e. The van der Waals surface area contributed by atoms with Gasteiger partial charge in [-0.1, -0.05) is 37.3 Å². The first-order chi connectivity index (χ1) is 15.4. The topological polar surface area (TPSA) is 65.1 Å². The van der Waals surface area contributed by atoms with E-state index in [-0.39, 0.29) is 5.91 Å². The molecule has 0 aromatic heterocycles. The summed E-state index contributed by atoms with van der Waals surface area (Å²) in [5.41, 5.74) is 4.33. The first kappa shape index (κ1) is 23.1. The van der Waals surface area contributed by atoms with E-state index in [9.17, 15) is 9.59 Å². The SMILES string of the molecule is CCc1ccc(C=C2C(=O)N(CCc3ccc(OC)c(OC)c3)C(C)=C2C(=O)OC)cc1. The number of hydrogen-bond acceptors (Lipinski definition) is 5. The Kier molecular flexibility index (Phi) is 7.36. The summed E-state index contributed by atoms with van der Waals surface area (Å²) in [6, 6.07) is 13.6. The molecule has 2 aromatic carbocycles. The predicted octanol–water partition coefficient (Wildman–Crippen LogP) is 4.18. The average molecular weight is 436 g/mol. The van der Waals surface area contributed by atoms with Crippen LogP contribution in [0.5, 0.6) is 11.5 Å². The van der Waals surface area contributed by atoms with Crippen LogP contribution in [0.3, 0.4) is 0 Å². The zero-order chi connectivity index (χ0) is 23.3. The van der Waals surface area contributed by atoms with Gasteiger partial charge >= 0.3 is 5.97 Å². The van der Waals surface area contributed by atoms with Crippen LogP contribution in [-0.2, 0) is 27.2 Å². The number of esters is 1. The van der Waals surface area contributed by atoms with Gasteiger partial charge in [0.2, 0.25) is 0 Å². The van der Waals surface area contributed by atoms with Gasteiger partial charge in [0.15, 0.2) is 11.5 Å². The van der Waals surface area contributed by atoms with Gasteiger partial charge in [-0.2, -0.15) is 0 Å². The summed E-state index contributed by atoms with van der Waals surface area (Å²) in [7, 11) is 4.50. The summed E-state index contributed by atoms with van der Waals surface area (Å²) < 4.78 is 15.6. The number of nitrogens with zero attached hydrogens (tertiary/aromatic N) is 1. The van der Waals surface area contributed by atoms with Crippen LogP contribution in [0.2, 0.25) is 0 Å². The number of ether oxygens (including phenoxy) is 3. The Labute approximate surface area is 189 Å². The van der Waals surface area contributed by atoms with E-state index in [1.807, 2.05) is 42.5 Å². The zero-order valence-electron chi connectivity index (χ0n) is 19.2. The highest BCUT2D eigenvalue weighted by atomic mass is 16.5. The molecule has 1 aliphatic rings. The number of amides is 1. The number of carbonyl (C=O) groups is 2. The van der Waals surface area contributed by atoms with Crippen LogP contribution in [-0.4, -0.2) is 44.7 Å². The molecule has 0 unspecified atom stereocenters. The number of rotatable bonds is 8. The van der Waals surface area contributed by atoms with Crippen LogP contribution in [0, 0.1) is 0 Å². The van der Waals surface area contributed by atoms with Gasteiger partial charge in [-0.3, -0.25) is 4.79 Å². The number of allylic oxidation sites excluding steroid dienone is 1. The third-order valence-corrected chi connectivity index (χ3v) is 5.67. The molecule has 0 saturated heterocycles. The maximum Gasteiger partial charge on any atom is 0.340 e. The Bertz CT molecular complexity index is 1070. The fourth-order valence-corrected chi connectivity index (χ4v) is 3.79. The van der Waals surface area contributed by atoms with Gasteiger partial charge in [0.25, 0.3) is 5.91 Å². The minimum atomic E-state index is -0.513. The lowest BCUT2D eigenvalue weighted by Crippen LogP contribution is -2.27. The molecule has 0 saturated carbocycles. The monoisotopic (exact) mass is 435 g/mol. The van der Waals surface area contributed by atoms with Crippen molar-refractivity contribution in [2.24, 2.45) is 0 Å². The molecule has 168 valence electrons. The molecule has 0 radical (unpaired) electrons. The predicted molar refractivity (Wildman–Crippen MR) is 123 cm³/mol. The van der Waals surface area contributed by atoms with Crippen LogP contribution in [0.4, 0.5) is 0 Å². The molecule has 0 bridgehead atoms. The Morgan fingerprint density at radius 1 is 0.969 bits per heavy atom. The van der Waals surface area contributed by atoms with Crippen LogP contribution in [0.25, 0.3) is 6.08 Å². The van der Waals surface area contributed by atoms with Gasteiger partial charge in [-0.25, -0.2) is 4.79 Å². The van der Waals surface area contributed by atoms with Crippen LogP contribution < -0.4 is 9.47 Å². The van der Waals surface area contributed by atoms with Crippen LogP contribution >= 0.6 is 0 Å². The normalized spacial score (nSPS) is 14.8. The van der Waals surface area contributed by atoms with Crippen LogP contribution in [0.15, 0.2) is 59.3 Å². The lowest BCUT2D eigenvalue weighted by atomic mass is 10.0. The lowest BCUT2D eigenvalue weighted by molar-refractivity contribution is -0.136. The van der Waals surface area contributed by atoms with Gasteiger partial charge in [-0.15, -0.1) is 0 Å². The molecule has 0 aliphatic carbocycles. The Morgan fingerprint density at radius 2 is 1.62 bits per heavy atom. The molecule has 2 aromatic rings. The second kappa shape index (κ2) is 10.2. The number of carbonyl (C=O) groups excluding carboxylic acids is 2. The van der Waals surface area contributed by atoms with Crippen molar-refractivity contribution in [1.82, 2.24) is 4.90 Å². The molecule has 0 spiro atoms. The number of aryl methyl sites for hydroxylation is 1. The lowest BCUT2D eigenvalue weighted by Gasteiger charge is -2.18. The molecule has 1 aliphatic heterocycles. The van der Waals surface area contributed by atoms with Gasteiger partial charge < -0.3 is 19.1 Å². The van der Waals surface area contributed by atoms with Crippen molar-refractivity contribution in [3.63, 3.8) is 0 Å². The minimum absolute atomic E-state index is 0.206. The third kappa shape index (κ3) is 4.69. The summed E-state index contributed by atoms with van der Waals surface area (Å²) in [6.45, 7) is 4.29. The molecule has 3 rings (SSSR count). The highest BCUT2D eigenvalue weighted by molar-refractivity contribution is 6.16. The van der Waals surface area contributed by atoms with Crippen molar-refractivity contribution in [2.45, 2.75) is 26.7 Å². The Hall–Kier alpha value is -3.54. The molecule has 1 heterocycles. The standard InChI is InChI=1S/C26H29NO5/c1-6-18-7-9-19(10-8-18)15-21-24(26(29)32-5)17(2)27(25(21)28)14-13-20-11-12-22(30-3)23(16-20)31-4/h7-12,15-16H,6,13-14H2,1-5H3. The number of benzene rings is 2. The average Bonchev–Trinajstić information content (AvgIpc) is 3.06. The third-order valence-electron chi connectivity index (χ3n) is 5.67. The summed E-state index contributed by atoms with van der Waals surface area (Å²) in [4.78, 5) is 27.4. The van der Waals surface area contributed by atoms with E-state index in [0.717, 1.165) is 17.5 Å². The highest BCUT2D eigenvalue weighted by Gasteiger charge is 2.36. The summed E-state index contributed by atoms with van der Waals surface area (Å²) >= 11 is 0. The first-order valence-corrected chi connectivity index (χ1v) is 10.6. The van der Waals surface area contributed by atoms with Crippen molar-refractivity contribution in [1.29, 1.82) is 0 Å². The van der Waals surface area contributed by atoms with Crippen molar-refractivity contribution in [2.75, 3.05) is 27.9 Å². The number of hydrogen-bond donors (Lipinski definition) is 0. The quantitative estimate of drug-likeness (QED) is 0.460. The molecule has 0 N–H and O–H groups in total. The molecule has 0 atom stereocenters. The maximum atomic E-state index is 13.3. The summed E-state index contributed by atoms with van der Waals surface area (Å²) in [5, 5.41) is 0. The van der Waals surface area contributed by atoms with E-state index in [1.165, 1.54) is 12.7 Å². The van der Waals surface area contributed by atoms with Gasteiger partial charge in [0.05, 0.1) is 32.5 Å². The second-order valence-corrected chi connectivity index (χ2v) is 7.50. The number of methoxy groups -OCH3 is 3. The van der Waals surface area contributed by atoms with Crippen molar-refractivity contribution >= 4 is 18.0 Å². The summed E-state index contributed by atoms with van der Waals surface area (Å²) in [6.07, 6.45) is 3.29.